The van der Waals surface area contributed by atoms with Gasteiger partial charge in [-0.3, -0.25) is 4.79 Å². The van der Waals surface area contributed by atoms with Gasteiger partial charge in [0.05, 0.1) is 5.69 Å². The zero-order chi connectivity index (χ0) is 10.4. The van der Waals surface area contributed by atoms with Gasteiger partial charge < -0.3 is 4.98 Å². The Morgan fingerprint density at radius 2 is 2.47 bits per heavy atom. The monoisotopic (exact) mass is 203 g/mol. The molecule has 2 heterocycles. The van der Waals surface area contributed by atoms with Gasteiger partial charge in [-0.05, 0) is 19.3 Å². The van der Waals surface area contributed by atoms with E-state index in [4.69, 9.17) is 0 Å². The molecule has 0 radical (unpaired) electrons. The summed E-state index contributed by atoms with van der Waals surface area (Å²) in [6.07, 6.45) is 5.15. The summed E-state index contributed by atoms with van der Waals surface area (Å²) < 4.78 is 1.79. The minimum atomic E-state index is -0.0524. The Hall–Kier alpha value is -1.58. The Kier molecular flexibility index (Phi) is 1.71. The van der Waals surface area contributed by atoms with Crippen LogP contribution in [0.4, 0.5) is 0 Å². The van der Waals surface area contributed by atoms with E-state index in [9.17, 15) is 4.79 Å². The molecule has 78 valence electrons. The van der Waals surface area contributed by atoms with Crippen LogP contribution in [0.5, 0.6) is 0 Å². The predicted octanol–water partition coefficient (Wildman–Crippen LogP) is 1.46. The highest BCUT2D eigenvalue weighted by molar-refractivity contribution is 5.51. The van der Waals surface area contributed by atoms with E-state index in [0.29, 0.717) is 5.92 Å². The molecule has 1 unspecified atom stereocenters. The molecule has 2 aromatic heterocycles. The Morgan fingerprint density at radius 1 is 1.60 bits per heavy atom. The lowest BCUT2D eigenvalue weighted by molar-refractivity contribution is 0.576. The fraction of sp³-hybridized carbons (Fsp3) is 0.455. The van der Waals surface area contributed by atoms with E-state index in [0.717, 1.165) is 17.8 Å². The Morgan fingerprint density at radius 3 is 3.33 bits per heavy atom. The summed E-state index contributed by atoms with van der Waals surface area (Å²) in [4.78, 5) is 14.1. The number of rotatable bonds is 0. The maximum atomic E-state index is 11.3. The van der Waals surface area contributed by atoms with E-state index < -0.39 is 0 Å². The smallest absolute Gasteiger partial charge is 0.251 e. The van der Waals surface area contributed by atoms with E-state index in [1.165, 1.54) is 24.5 Å². The van der Waals surface area contributed by atoms with E-state index >= 15 is 0 Å². The first-order valence-corrected chi connectivity index (χ1v) is 5.36. The summed E-state index contributed by atoms with van der Waals surface area (Å²) in [6.45, 7) is 2.20. The van der Waals surface area contributed by atoms with Crippen molar-refractivity contribution in [3.63, 3.8) is 0 Å². The van der Waals surface area contributed by atoms with Gasteiger partial charge in [0, 0.05) is 23.7 Å². The number of aryl methyl sites for hydroxylation is 1. The summed E-state index contributed by atoms with van der Waals surface area (Å²) in [5.41, 5.74) is 3.21. The van der Waals surface area contributed by atoms with Crippen molar-refractivity contribution in [1.29, 1.82) is 0 Å². The maximum Gasteiger partial charge on any atom is 0.251 e. The maximum absolute atomic E-state index is 11.3. The third kappa shape index (κ3) is 1.21. The van der Waals surface area contributed by atoms with Crippen LogP contribution in [0.25, 0.3) is 5.65 Å². The van der Waals surface area contributed by atoms with Crippen molar-refractivity contribution in [3.05, 3.63) is 33.9 Å². The normalized spacial score (nSPS) is 20.5. The second-order valence-electron chi connectivity index (χ2n) is 4.26. The molecule has 4 nitrogen and oxygen atoms in total. The van der Waals surface area contributed by atoms with Crippen LogP contribution in [0, 0.1) is 0 Å². The number of fused-ring (bicyclic) bond motifs is 3. The molecule has 15 heavy (non-hydrogen) atoms. The van der Waals surface area contributed by atoms with Gasteiger partial charge >= 0.3 is 0 Å². The molecule has 0 bridgehead atoms. The molecule has 0 fully saturated rings. The van der Waals surface area contributed by atoms with Crippen molar-refractivity contribution in [3.8, 4) is 0 Å². The SMILES string of the molecule is CC1CCCc2c1nn1ccc(=O)[nH]c21. The summed E-state index contributed by atoms with van der Waals surface area (Å²) in [5, 5.41) is 4.52. The molecule has 0 saturated heterocycles. The van der Waals surface area contributed by atoms with Crippen LogP contribution in [0.3, 0.4) is 0 Å². The third-order valence-electron chi connectivity index (χ3n) is 3.18. The van der Waals surface area contributed by atoms with Gasteiger partial charge in [-0.2, -0.15) is 5.10 Å². The summed E-state index contributed by atoms with van der Waals surface area (Å²) in [5.74, 6) is 0.511. The summed E-state index contributed by atoms with van der Waals surface area (Å²) >= 11 is 0. The van der Waals surface area contributed by atoms with Crippen molar-refractivity contribution in [2.75, 3.05) is 0 Å². The highest BCUT2D eigenvalue weighted by atomic mass is 16.1. The molecule has 1 aliphatic carbocycles. The molecule has 4 heteroatoms. The van der Waals surface area contributed by atoms with Crippen molar-refractivity contribution in [2.45, 2.75) is 32.1 Å². The fourth-order valence-corrected chi connectivity index (χ4v) is 2.39. The summed E-state index contributed by atoms with van der Waals surface area (Å²) in [7, 11) is 0. The van der Waals surface area contributed by atoms with E-state index in [1.807, 2.05) is 0 Å². The van der Waals surface area contributed by atoms with Gasteiger partial charge in [0.2, 0.25) is 0 Å². The van der Waals surface area contributed by atoms with E-state index in [1.54, 1.807) is 10.7 Å². The van der Waals surface area contributed by atoms with Crippen molar-refractivity contribution in [1.82, 2.24) is 14.6 Å². The largest absolute Gasteiger partial charge is 0.307 e. The van der Waals surface area contributed by atoms with Gasteiger partial charge in [-0.25, -0.2) is 4.52 Å². The minimum Gasteiger partial charge on any atom is -0.307 e. The molecule has 0 amide bonds. The number of hydrogen-bond donors (Lipinski definition) is 1. The van der Waals surface area contributed by atoms with Crippen LogP contribution in [0.15, 0.2) is 17.1 Å². The number of aromatic amines is 1. The van der Waals surface area contributed by atoms with Crippen LogP contribution in [-0.4, -0.2) is 14.6 Å². The molecule has 1 N–H and O–H groups in total. The fourth-order valence-electron chi connectivity index (χ4n) is 2.39. The van der Waals surface area contributed by atoms with Gasteiger partial charge in [-0.1, -0.05) is 6.92 Å². The second kappa shape index (κ2) is 2.95. The first kappa shape index (κ1) is 8.71. The van der Waals surface area contributed by atoms with E-state index in [2.05, 4.69) is 17.0 Å². The number of hydrogen-bond acceptors (Lipinski definition) is 2. The third-order valence-corrected chi connectivity index (χ3v) is 3.18. The average Bonchev–Trinajstić information content (AvgIpc) is 2.58. The molecule has 0 spiro atoms. The first-order valence-electron chi connectivity index (χ1n) is 5.36. The number of nitrogens with zero attached hydrogens (tertiary/aromatic N) is 2. The lowest BCUT2D eigenvalue weighted by Gasteiger charge is -2.15. The molecular formula is C11H13N3O. The highest BCUT2D eigenvalue weighted by Crippen LogP contribution is 2.31. The zero-order valence-electron chi connectivity index (χ0n) is 8.66. The Labute approximate surface area is 86.9 Å². The number of H-pyrrole nitrogens is 1. The van der Waals surface area contributed by atoms with Crippen LogP contribution < -0.4 is 5.56 Å². The molecule has 1 aliphatic rings. The standard InChI is InChI=1S/C11H13N3O/c1-7-3-2-4-8-10(7)13-14-6-5-9(15)12-11(8)14/h5-7H,2-4H2,1H3,(H,12,15). The Bertz CT molecular complexity index is 567. The predicted molar refractivity (Wildman–Crippen MR) is 57.2 cm³/mol. The van der Waals surface area contributed by atoms with Gasteiger partial charge in [0.25, 0.3) is 5.56 Å². The van der Waals surface area contributed by atoms with Crippen molar-refractivity contribution in [2.24, 2.45) is 0 Å². The van der Waals surface area contributed by atoms with Crippen LogP contribution in [-0.2, 0) is 6.42 Å². The topological polar surface area (TPSA) is 50.2 Å². The van der Waals surface area contributed by atoms with Crippen molar-refractivity contribution >= 4 is 5.65 Å². The quantitative estimate of drug-likeness (QED) is 0.704. The zero-order valence-corrected chi connectivity index (χ0v) is 8.66. The van der Waals surface area contributed by atoms with Crippen LogP contribution in [0.2, 0.25) is 0 Å². The lowest BCUT2D eigenvalue weighted by atomic mass is 9.89. The van der Waals surface area contributed by atoms with Crippen molar-refractivity contribution < 1.29 is 0 Å². The molecule has 1 atom stereocenters. The van der Waals surface area contributed by atoms with Crippen LogP contribution >= 0.6 is 0 Å². The minimum absolute atomic E-state index is 0.0524. The average molecular weight is 203 g/mol. The van der Waals surface area contributed by atoms with Gasteiger partial charge in [-0.15, -0.1) is 0 Å². The number of nitrogens with one attached hydrogen (secondary N) is 1. The lowest BCUT2D eigenvalue weighted by Crippen LogP contribution is -2.08. The molecule has 2 aromatic rings. The molecular weight excluding hydrogens is 190 g/mol. The molecule has 0 aromatic carbocycles. The van der Waals surface area contributed by atoms with Crippen LogP contribution in [0.1, 0.15) is 36.9 Å². The first-order chi connectivity index (χ1) is 7.25. The Balaban J connectivity index is 2.36. The molecule has 0 saturated carbocycles. The van der Waals surface area contributed by atoms with E-state index in [-0.39, 0.29) is 5.56 Å². The second-order valence-corrected chi connectivity index (χ2v) is 4.26. The highest BCUT2D eigenvalue weighted by Gasteiger charge is 2.22. The van der Waals surface area contributed by atoms with Gasteiger partial charge in [0.15, 0.2) is 0 Å². The van der Waals surface area contributed by atoms with Gasteiger partial charge in [0.1, 0.15) is 5.65 Å². The number of aromatic nitrogens is 3. The molecule has 3 rings (SSSR count). The summed E-state index contributed by atoms with van der Waals surface area (Å²) in [6, 6.07) is 1.51. The molecule has 0 aliphatic heterocycles.